The molecule has 0 bridgehead atoms. The molecule has 0 aliphatic rings. The SMILES string of the molecule is C=CCOc1ccc(C(=O)OC(C)C(=O)NC(=O)NCc2ccccc2)cc1OC. The van der Waals surface area contributed by atoms with Gasteiger partial charge in [-0.15, -0.1) is 0 Å². The molecular formula is C22H24N2O6. The molecule has 0 aromatic heterocycles. The molecule has 1 unspecified atom stereocenters. The molecule has 0 spiro atoms. The summed E-state index contributed by atoms with van der Waals surface area (Å²) in [7, 11) is 1.44. The molecular weight excluding hydrogens is 388 g/mol. The van der Waals surface area contributed by atoms with Gasteiger partial charge in [0.2, 0.25) is 0 Å². The van der Waals surface area contributed by atoms with E-state index in [1.807, 2.05) is 30.3 Å². The van der Waals surface area contributed by atoms with Crippen LogP contribution in [0.1, 0.15) is 22.8 Å². The monoisotopic (exact) mass is 412 g/mol. The maximum Gasteiger partial charge on any atom is 0.339 e. The van der Waals surface area contributed by atoms with Crippen LogP contribution in [0.15, 0.2) is 61.2 Å². The van der Waals surface area contributed by atoms with Gasteiger partial charge in [-0.25, -0.2) is 9.59 Å². The van der Waals surface area contributed by atoms with Gasteiger partial charge < -0.3 is 19.5 Å². The van der Waals surface area contributed by atoms with Crippen molar-refractivity contribution in [2.45, 2.75) is 19.6 Å². The van der Waals surface area contributed by atoms with Gasteiger partial charge in [-0.1, -0.05) is 43.0 Å². The van der Waals surface area contributed by atoms with E-state index in [0.717, 1.165) is 5.56 Å². The maximum absolute atomic E-state index is 12.3. The summed E-state index contributed by atoms with van der Waals surface area (Å²) in [6.45, 7) is 5.48. The van der Waals surface area contributed by atoms with Crippen molar-refractivity contribution in [1.29, 1.82) is 0 Å². The molecule has 0 saturated carbocycles. The summed E-state index contributed by atoms with van der Waals surface area (Å²) in [5, 5.41) is 4.70. The number of esters is 1. The number of amides is 3. The number of imide groups is 1. The molecule has 0 fully saturated rings. The van der Waals surface area contributed by atoms with Crippen LogP contribution in [0.25, 0.3) is 0 Å². The summed E-state index contributed by atoms with van der Waals surface area (Å²) in [6, 6.07) is 13.0. The first kappa shape index (κ1) is 22.5. The Morgan fingerprint density at radius 3 is 2.50 bits per heavy atom. The Kier molecular flexibility index (Phi) is 8.43. The van der Waals surface area contributed by atoms with Crippen LogP contribution in [0.3, 0.4) is 0 Å². The Labute approximate surface area is 174 Å². The fourth-order valence-corrected chi connectivity index (χ4v) is 2.38. The van der Waals surface area contributed by atoms with E-state index in [0.29, 0.717) is 11.5 Å². The third-order valence-corrected chi connectivity index (χ3v) is 3.94. The zero-order valence-corrected chi connectivity index (χ0v) is 16.8. The van der Waals surface area contributed by atoms with Gasteiger partial charge in [0, 0.05) is 6.54 Å². The highest BCUT2D eigenvalue weighted by Crippen LogP contribution is 2.28. The van der Waals surface area contributed by atoms with Gasteiger partial charge in [0.15, 0.2) is 17.6 Å². The predicted molar refractivity (Wildman–Crippen MR) is 110 cm³/mol. The fourth-order valence-electron chi connectivity index (χ4n) is 2.38. The van der Waals surface area contributed by atoms with Crippen molar-refractivity contribution in [2.75, 3.05) is 13.7 Å². The standard InChI is InChI=1S/C22H24N2O6/c1-4-12-29-18-11-10-17(13-19(18)28-3)21(26)30-15(2)20(25)24-22(27)23-14-16-8-6-5-7-9-16/h4-11,13,15H,1,12,14H2,2-3H3,(H2,23,24,25,27). The van der Waals surface area contributed by atoms with E-state index in [-0.39, 0.29) is 18.7 Å². The van der Waals surface area contributed by atoms with Crippen LogP contribution in [0.5, 0.6) is 11.5 Å². The zero-order valence-electron chi connectivity index (χ0n) is 16.8. The van der Waals surface area contributed by atoms with Gasteiger partial charge in [0.25, 0.3) is 5.91 Å². The van der Waals surface area contributed by atoms with Crippen LogP contribution in [0.2, 0.25) is 0 Å². The molecule has 0 aliphatic heterocycles. The molecule has 158 valence electrons. The minimum atomic E-state index is -1.18. The Bertz CT molecular complexity index is 898. The van der Waals surface area contributed by atoms with Crippen molar-refractivity contribution in [3.8, 4) is 11.5 Å². The van der Waals surface area contributed by atoms with Crippen molar-refractivity contribution in [2.24, 2.45) is 0 Å². The molecule has 0 aliphatic carbocycles. The summed E-state index contributed by atoms with van der Waals surface area (Å²) >= 11 is 0. The Balaban J connectivity index is 1.88. The summed E-state index contributed by atoms with van der Waals surface area (Å²) in [5.74, 6) is -0.707. The lowest BCUT2D eigenvalue weighted by atomic mass is 10.2. The normalized spacial score (nSPS) is 11.0. The smallest absolute Gasteiger partial charge is 0.339 e. The second-order valence-corrected chi connectivity index (χ2v) is 6.17. The number of carbonyl (C=O) groups excluding carboxylic acids is 3. The molecule has 30 heavy (non-hydrogen) atoms. The number of ether oxygens (including phenoxy) is 3. The fraction of sp³-hybridized carbons (Fsp3) is 0.227. The first-order chi connectivity index (χ1) is 14.4. The number of carbonyl (C=O) groups is 3. The third-order valence-electron chi connectivity index (χ3n) is 3.94. The van der Waals surface area contributed by atoms with Crippen LogP contribution in [0, 0.1) is 0 Å². The Hall–Kier alpha value is -3.81. The topological polar surface area (TPSA) is 103 Å². The molecule has 1 atom stereocenters. The molecule has 2 aromatic carbocycles. The first-order valence-corrected chi connectivity index (χ1v) is 9.20. The molecule has 8 heteroatoms. The number of rotatable bonds is 9. The number of urea groups is 1. The van der Waals surface area contributed by atoms with E-state index in [1.54, 1.807) is 12.1 Å². The van der Waals surface area contributed by atoms with Crippen LogP contribution in [0.4, 0.5) is 4.79 Å². The lowest BCUT2D eigenvalue weighted by molar-refractivity contribution is -0.127. The highest BCUT2D eigenvalue weighted by molar-refractivity contribution is 5.98. The average Bonchev–Trinajstić information content (AvgIpc) is 2.76. The molecule has 2 rings (SSSR count). The molecule has 2 aromatic rings. The Morgan fingerprint density at radius 1 is 1.10 bits per heavy atom. The van der Waals surface area contributed by atoms with Crippen LogP contribution >= 0.6 is 0 Å². The molecule has 0 radical (unpaired) electrons. The number of nitrogens with one attached hydrogen (secondary N) is 2. The van der Waals surface area contributed by atoms with Crippen LogP contribution in [-0.4, -0.2) is 37.7 Å². The van der Waals surface area contributed by atoms with Crippen molar-refractivity contribution < 1.29 is 28.6 Å². The van der Waals surface area contributed by atoms with Crippen molar-refractivity contribution in [1.82, 2.24) is 10.6 Å². The summed E-state index contributed by atoms with van der Waals surface area (Å²) < 4.78 is 15.8. The minimum absolute atomic E-state index is 0.172. The van der Waals surface area contributed by atoms with Crippen molar-refractivity contribution in [3.63, 3.8) is 0 Å². The van der Waals surface area contributed by atoms with Gasteiger partial charge in [-0.2, -0.15) is 0 Å². The summed E-state index contributed by atoms with van der Waals surface area (Å²) in [5.41, 5.74) is 1.06. The number of benzene rings is 2. The van der Waals surface area contributed by atoms with E-state index >= 15 is 0 Å². The van der Waals surface area contributed by atoms with Crippen LogP contribution < -0.4 is 20.1 Å². The molecule has 0 heterocycles. The van der Waals surface area contributed by atoms with Gasteiger partial charge in [0.05, 0.1) is 12.7 Å². The van der Waals surface area contributed by atoms with E-state index < -0.39 is 24.0 Å². The van der Waals surface area contributed by atoms with Crippen molar-refractivity contribution >= 4 is 17.9 Å². The van der Waals surface area contributed by atoms with Gasteiger partial charge in [0.1, 0.15) is 6.61 Å². The van der Waals surface area contributed by atoms with Gasteiger partial charge in [-0.05, 0) is 30.7 Å². The average molecular weight is 412 g/mol. The molecule has 3 amide bonds. The zero-order chi connectivity index (χ0) is 21.9. The molecule has 2 N–H and O–H groups in total. The summed E-state index contributed by atoms with van der Waals surface area (Å²) in [4.78, 5) is 36.3. The maximum atomic E-state index is 12.3. The largest absolute Gasteiger partial charge is 0.493 e. The quantitative estimate of drug-likeness (QED) is 0.485. The Morgan fingerprint density at radius 2 is 1.83 bits per heavy atom. The number of hydrogen-bond acceptors (Lipinski definition) is 6. The van der Waals surface area contributed by atoms with E-state index in [2.05, 4.69) is 17.2 Å². The molecule has 0 saturated heterocycles. The highest BCUT2D eigenvalue weighted by Gasteiger charge is 2.21. The highest BCUT2D eigenvalue weighted by atomic mass is 16.5. The number of methoxy groups -OCH3 is 1. The van der Waals surface area contributed by atoms with Gasteiger partial charge >= 0.3 is 12.0 Å². The summed E-state index contributed by atoms with van der Waals surface area (Å²) in [6.07, 6.45) is 0.403. The third kappa shape index (κ3) is 6.66. The minimum Gasteiger partial charge on any atom is -0.493 e. The van der Waals surface area contributed by atoms with E-state index in [1.165, 1.54) is 26.2 Å². The van der Waals surface area contributed by atoms with Gasteiger partial charge in [-0.3, -0.25) is 10.1 Å². The second kappa shape index (κ2) is 11.3. The number of hydrogen-bond donors (Lipinski definition) is 2. The van der Waals surface area contributed by atoms with E-state index in [9.17, 15) is 14.4 Å². The lowest BCUT2D eigenvalue weighted by Crippen LogP contribution is -2.44. The van der Waals surface area contributed by atoms with Crippen LogP contribution in [-0.2, 0) is 16.1 Å². The lowest BCUT2D eigenvalue weighted by Gasteiger charge is -2.14. The first-order valence-electron chi connectivity index (χ1n) is 9.20. The van der Waals surface area contributed by atoms with Crippen molar-refractivity contribution in [3.05, 3.63) is 72.3 Å². The molecule has 8 nitrogen and oxygen atoms in total. The second-order valence-electron chi connectivity index (χ2n) is 6.17. The predicted octanol–water partition coefficient (Wildman–Crippen LogP) is 2.83. The van der Waals surface area contributed by atoms with E-state index in [4.69, 9.17) is 14.2 Å².